The van der Waals surface area contributed by atoms with Crippen LogP contribution in [-0.4, -0.2) is 34.6 Å². The molecule has 6 heteroatoms. The average molecular weight is 242 g/mol. The summed E-state index contributed by atoms with van der Waals surface area (Å²) in [6, 6.07) is -0.690. The minimum atomic E-state index is -0.913. The molecule has 0 aliphatic rings. The van der Waals surface area contributed by atoms with E-state index >= 15 is 0 Å². The summed E-state index contributed by atoms with van der Waals surface area (Å²) in [6.07, 6.45) is 0.551. The molecule has 0 radical (unpaired) electrons. The van der Waals surface area contributed by atoms with Crippen molar-refractivity contribution in [3.05, 3.63) is 0 Å². The summed E-state index contributed by atoms with van der Waals surface area (Å²) in [5.74, 6) is -0.556. The number of carbonyl (C=O) groups excluding carboxylic acids is 1. The van der Waals surface area contributed by atoms with Crippen molar-refractivity contribution in [3.63, 3.8) is 0 Å². The summed E-state index contributed by atoms with van der Waals surface area (Å²) in [7, 11) is 1.00. The van der Waals surface area contributed by atoms with Crippen LogP contribution in [0, 0.1) is 5.92 Å². The van der Waals surface area contributed by atoms with Gasteiger partial charge < -0.3 is 15.9 Å². The zero-order chi connectivity index (χ0) is 13.0. The molecule has 0 aromatic rings. The Morgan fingerprint density at radius 3 is 1.67 bits per heavy atom. The fourth-order valence-electron chi connectivity index (χ4n) is 0.609. The summed E-state index contributed by atoms with van der Waals surface area (Å²) in [6.45, 7) is 5.19. The van der Waals surface area contributed by atoms with Gasteiger partial charge >= 0.3 is 5.97 Å². The summed E-state index contributed by atoms with van der Waals surface area (Å²) in [5, 5.41) is 14.9. The minimum Gasteiger partial charge on any atom is -0.480 e. The van der Waals surface area contributed by atoms with Gasteiger partial charge in [-0.2, -0.15) is 0 Å². The van der Waals surface area contributed by atoms with Gasteiger partial charge in [0, 0.05) is 14.0 Å². The lowest BCUT2D eigenvalue weighted by Crippen LogP contribution is -2.31. The molecule has 15 heavy (non-hydrogen) atoms. The third-order valence-electron chi connectivity index (χ3n) is 1.04. The SMILES string of the molecule is CC(=O)Cl.CC(C)CC(N)C(=O)O.CO. The molecular weight excluding hydrogens is 222 g/mol. The smallest absolute Gasteiger partial charge is 0.320 e. The van der Waals surface area contributed by atoms with Crippen molar-refractivity contribution in [2.24, 2.45) is 11.7 Å². The number of rotatable bonds is 3. The number of hydrogen-bond donors (Lipinski definition) is 3. The molecule has 0 amide bonds. The predicted octanol–water partition coefficient (Wildman–Crippen LogP) is 0.825. The molecule has 4 N–H and O–H groups in total. The van der Waals surface area contributed by atoms with Crippen molar-refractivity contribution >= 4 is 22.8 Å². The van der Waals surface area contributed by atoms with E-state index in [1.54, 1.807) is 0 Å². The molecule has 0 aromatic heterocycles. The van der Waals surface area contributed by atoms with E-state index in [4.69, 9.17) is 15.9 Å². The highest BCUT2D eigenvalue weighted by Gasteiger charge is 2.11. The Balaban J connectivity index is -0.000000202. The Morgan fingerprint density at radius 1 is 1.33 bits per heavy atom. The maximum absolute atomic E-state index is 10.1. The Labute approximate surface area is 95.2 Å². The van der Waals surface area contributed by atoms with Crippen molar-refractivity contribution in [3.8, 4) is 0 Å². The second-order valence-corrected chi connectivity index (χ2v) is 3.58. The van der Waals surface area contributed by atoms with Gasteiger partial charge in [0.05, 0.1) is 0 Å². The predicted molar refractivity (Wildman–Crippen MR) is 59.7 cm³/mol. The Bertz CT molecular complexity index is 169. The summed E-state index contributed by atoms with van der Waals surface area (Å²) in [5.41, 5.74) is 5.22. The van der Waals surface area contributed by atoms with Crippen LogP contribution in [-0.2, 0) is 9.59 Å². The zero-order valence-corrected chi connectivity index (χ0v) is 10.3. The van der Waals surface area contributed by atoms with E-state index in [1.807, 2.05) is 13.8 Å². The van der Waals surface area contributed by atoms with Crippen LogP contribution in [0.1, 0.15) is 27.2 Å². The number of carbonyl (C=O) groups is 2. The molecule has 0 heterocycles. The van der Waals surface area contributed by atoms with Crippen molar-refractivity contribution in [1.82, 2.24) is 0 Å². The van der Waals surface area contributed by atoms with Gasteiger partial charge in [-0.25, -0.2) is 0 Å². The molecule has 0 bridgehead atoms. The standard InChI is InChI=1S/C6H13NO2.C2H3ClO.CH4O/c1-4(2)3-5(7)6(8)9;1-2(3)4;1-2/h4-5H,3,7H2,1-2H3,(H,8,9);1H3;2H,1H3. The van der Waals surface area contributed by atoms with E-state index in [9.17, 15) is 9.59 Å². The lowest BCUT2D eigenvalue weighted by atomic mass is 10.1. The fourth-order valence-corrected chi connectivity index (χ4v) is 0.609. The Hall–Kier alpha value is -0.650. The summed E-state index contributed by atoms with van der Waals surface area (Å²) < 4.78 is 0. The van der Waals surface area contributed by atoms with Gasteiger partial charge in [0.25, 0.3) is 0 Å². The second kappa shape index (κ2) is 13.4. The van der Waals surface area contributed by atoms with Crippen molar-refractivity contribution in [1.29, 1.82) is 0 Å². The van der Waals surface area contributed by atoms with Crippen LogP contribution in [0.5, 0.6) is 0 Å². The van der Waals surface area contributed by atoms with Crippen molar-refractivity contribution < 1.29 is 19.8 Å². The van der Waals surface area contributed by atoms with Crippen molar-refractivity contribution in [2.75, 3.05) is 7.11 Å². The minimum absolute atomic E-state index is 0.357. The molecule has 0 spiro atoms. The average Bonchev–Trinajstić information content (AvgIpc) is 2.05. The maximum Gasteiger partial charge on any atom is 0.320 e. The molecule has 1 atom stereocenters. The normalized spacial score (nSPS) is 10.4. The van der Waals surface area contributed by atoms with Crippen LogP contribution >= 0.6 is 11.6 Å². The highest BCUT2D eigenvalue weighted by molar-refractivity contribution is 6.62. The molecule has 92 valence electrons. The van der Waals surface area contributed by atoms with Gasteiger partial charge in [-0.3, -0.25) is 9.59 Å². The number of halogens is 1. The topological polar surface area (TPSA) is 101 Å². The molecule has 5 nitrogen and oxygen atoms in total. The first-order chi connectivity index (χ1) is 6.77. The zero-order valence-electron chi connectivity index (χ0n) is 9.53. The van der Waals surface area contributed by atoms with E-state index in [0.29, 0.717) is 12.3 Å². The van der Waals surface area contributed by atoms with Crippen LogP contribution < -0.4 is 5.73 Å². The quantitative estimate of drug-likeness (QED) is 0.636. The first-order valence-corrected chi connectivity index (χ1v) is 4.74. The van der Waals surface area contributed by atoms with Crippen LogP contribution in [0.4, 0.5) is 0 Å². The van der Waals surface area contributed by atoms with E-state index in [0.717, 1.165) is 7.11 Å². The highest BCUT2D eigenvalue weighted by Crippen LogP contribution is 2.01. The molecule has 0 saturated heterocycles. The molecule has 0 aliphatic carbocycles. The van der Waals surface area contributed by atoms with Crippen molar-refractivity contribution in [2.45, 2.75) is 33.2 Å². The van der Waals surface area contributed by atoms with Gasteiger partial charge in [0.2, 0.25) is 5.24 Å². The number of carboxylic acids is 1. The van der Waals surface area contributed by atoms with E-state index in [-0.39, 0.29) is 5.24 Å². The number of aliphatic hydroxyl groups is 1. The molecule has 1 unspecified atom stereocenters. The van der Waals surface area contributed by atoms with Crippen LogP contribution in [0.25, 0.3) is 0 Å². The van der Waals surface area contributed by atoms with Crippen LogP contribution in [0.15, 0.2) is 0 Å². The third-order valence-corrected chi connectivity index (χ3v) is 1.04. The molecule has 0 aromatic carbocycles. The van der Waals surface area contributed by atoms with E-state index in [1.165, 1.54) is 6.92 Å². The highest BCUT2D eigenvalue weighted by atomic mass is 35.5. The van der Waals surface area contributed by atoms with E-state index < -0.39 is 12.0 Å². The largest absolute Gasteiger partial charge is 0.480 e. The first kappa shape index (κ1) is 19.9. The van der Waals surface area contributed by atoms with Gasteiger partial charge in [-0.15, -0.1) is 0 Å². The second-order valence-electron chi connectivity index (χ2n) is 3.04. The lowest BCUT2D eigenvalue weighted by Gasteiger charge is -2.07. The van der Waals surface area contributed by atoms with Gasteiger partial charge in [-0.1, -0.05) is 13.8 Å². The number of aliphatic carboxylic acids is 1. The number of aliphatic hydroxyl groups excluding tert-OH is 1. The monoisotopic (exact) mass is 241 g/mol. The molecule has 0 saturated carbocycles. The summed E-state index contributed by atoms with van der Waals surface area (Å²) in [4.78, 5) is 19.3. The summed E-state index contributed by atoms with van der Waals surface area (Å²) >= 11 is 4.64. The first-order valence-electron chi connectivity index (χ1n) is 4.36. The van der Waals surface area contributed by atoms with Gasteiger partial charge in [-0.05, 0) is 23.9 Å². The lowest BCUT2D eigenvalue weighted by molar-refractivity contribution is -0.138. The number of hydrogen-bond acceptors (Lipinski definition) is 4. The Kier molecular flexibility index (Phi) is 17.7. The maximum atomic E-state index is 10.1. The molecule has 0 fully saturated rings. The third kappa shape index (κ3) is 31.8. The molecule has 0 rings (SSSR count). The number of nitrogens with two attached hydrogens (primary N) is 1. The fraction of sp³-hybridized carbons (Fsp3) is 0.778. The van der Waals surface area contributed by atoms with Crippen LogP contribution in [0.2, 0.25) is 0 Å². The Morgan fingerprint density at radius 2 is 1.60 bits per heavy atom. The van der Waals surface area contributed by atoms with Crippen LogP contribution in [0.3, 0.4) is 0 Å². The molecular formula is C9H20ClNO4. The van der Waals surface area contributed by atoms with E-state index in [2.05, 4.69) is 11.6 Å². The van der Waals surface area contributed by atoms with Gasteiger partial charge in [0.15, 0.2) is 0 Å². The number of carboxylic acid groups (broad SMARTS) is 1. The van der Waals surface area contributed by atoms with Gasteiger partial charge in [0.1, 0.15) is 6.04 Å². The molecule has 0 aliphatic heterocycles.